The average molecular weight is 288 g/mol. The molecule has 1 aromatic heterocycles. The van der Waals surface area contributed by atoms with E-state index < -0.39 is 22.7 Å². The summed E-state index contributed by atoms with van der Waals surface area (Å²) >= 11 is 1.51. The summed E-state index contributed by atoms with van der Waals surface area (Å²) in [4.78, 5) is 16.5. The highest BCUT2D eigenvalue weighted by Gasteiger charge is 2.32. The lowest BCUT2D eigenvalue weighted by atomic mass is 10.1. The molecule has 0 radical (unpaired) electrons. The van der Waals surface area contributed by atoms with Gasteiger partial charge in [-0.25, -0.2) is 4.98 Å². The van der Waals surface area contributed by atoms with Crippen LogP contribution in [0, 0.1) is 0 Å². The molecule has 1 aliphatic carbocycles. The number of aromatic nitrogens is 1. The third kappa shape index (κ3) is 2.89. The largest absolute Gasteiger partial charge is 0.481 e. The van der Waals surface area contributed by atoms with E-state index in [0.29, 0.717) is 17.9 Å². The SMILES string of the molecule is CC(CS(C)=O)Nc1nc2c(s1)CCC2C(=O)O. The Labute approximate surface area is 112 Å². The summed E-state index contributed by atoms with van der Waals surface area (Å²) in [5, 5.41) is 13.0. The first-order chi connectivity index (χ1) is 8.47. The highest BCUT2D eigenvalue weighted by Crippen LogP contribution is 2.38. The first-order valence-corrected chi connectivity index (χ1v) is 8.30. The van der Waals surface area contributed by atoms with E-state index in [1.54, 1.807) is 6.26 Å². The highest BCUT2D eigenvalue weighted by molar-refractivity contribution is 7.84. The van der Waals surface area contributed by atoms with Gasteiger partial charge in [0.15, 0.2) is 5.13 Å². The van der Waals surface area contributed by atoms with E-state index in [0.717, 1.165) is 16.4 Å². The van der Waals surface area contributed by atoms with Crippen LogP contribution in [0.25, 0.3) is 0 Å². The molecule has 3 unspecified atom stereocenters. The minimum atomic E-state index is -0.850. The van der Waals surface area contributed by atoms with E-state index in [1.165, 1.54) is 11.3 Å². The van der Waals surface area contributed by atoms with Crippen LogP contribution in [0.15, 0.2) is 0 Å². The lowest BCUT2D eigenvalue weighted by Crippen LogP contribution is -2.22. The molecule has 2 rings (SSSR count). The van der Waals surface area contributed by atoms with Gasteiger partial charge in [0.25, 0.3) is 0 Å². The topological polar surface area (TPSA) is 79.3 Å². The van der Waals surface area contributed by atoms with Gasteiger partial charge >= 0.3 is 5.97 Å². The molecule has 0 amide bonds. The summed E-state index contributed by atoms with van der Waals surface area (Å²) in [5.41, 5.74) is 0.708. The van der Waals surface area contributed by atoms with Crippen molar-refractivity contribution in [2.75, 3.05) is 17.3 Å². The number of carbonyl (C=O) groups is 1. The first kappa shape index (κ1) is 13.5. The number of nitrogens with zero attached hydrogens (tertiary/aromatic N) is 1. The van der Waals surface area contributed by atoms with Crippen molar-refractivity contribution >= 4 is 33.2 Å². The normalized spacial score (nSPS) is 21.3. The van der Waals surface area contributed by atoms with E-state index in [2.05, 4.69) is 10.3 Å². The second kappa shape index (κ2) is 5.36. The molecule has 18 heavy (non-hydrogen) atoms. The van der Waals surface area contributed by atoms with E-state index in [1.807, 2.05) is 6.92 Å². The van der Waals surface area contributed by atoms with Crippen molar-refractivity contribution in [3.8, 4) is 0 Å². The molecule has 7 heteroatoms. The molecule has 0 saturated carbocycles. The van der Waals surface area contributed by atoms with Crippen molar-refractivity contribution in [3.05, 3.63) is 10.6 Å². The molecular formula is C11H16N2O3S2. The summed E-state index contributed by atoms with van der Waals surface area (Å²) in [7, 11) is -0.850. The number of carboxylic acid groups (broad SMARTS) is 1. The molecule has 0 aromatic carbocycles. The lowest BCUT2D eigenvalue weighted by Gasteiger charge is -2.10. The molecule has 3 atom stereocenters. The van der Waals surface area contributed by atoms with Gasteiger partial charge in [-0.15, -0.1) is 11.3 Å². The Balaban J connectivity index is 2.07. The van der Waals surface area contributed by atoms with E-state index in [-0.39, 0.29) is 6.04 Å². The Bertz CT molecular complexity index is 487. The molecule has 0 aliphatic heterocycles. The zero-order valence-corrected chi connectivity index (χ0v) is 11.9. The maximum Gasteiger partial charge on any atom is 0.312 e. The molecule has 100 valence electrons. The molecule has 0 saturated heterocycles. The Morgan fingerprint density at radius 3 is 3.06 bits per heavy atom. The summed E-state index contributed by atoms with van der Waals surface area (Å²) in [6.45, 7) is 1.95. The monoisotopic (exact) mass is 288 g/mol. The van der Waals surface area contributed by atoms with E-state index in [4.69, 9.17) is 5.11 Å². The second-order valence-corrected chi connectivity index (χ2v) is 7.11. The van der Waals surface area contributed by atoms with E-state index >= 15 is 0 Å². The van der Waals surface area contributed by atoms with Crippen LogP contribution in [0.3, 0.4) is 0 Å². The van der Waals surface area contributed by atoms with Gasteiger partial charge in [-0.05, 0) is 19.8 Å². The molecule has 0 spiro atoms. The van der Waals surface area contributed by atoms with Gasteiger partial charge in [-0.3, -0.25) is 9.00 Å². The average Bonchev–Trinajstić information content (AvgIpc) is 2.73. The number of fused-ring (bicyclic) bond motifs is 1. The quantitative estimate of drug-likeness (QED) is 0.857. The number of aliphatic carboxylic acids is 1. The zero-order valence-electron chi connectivity index (χ0n) is 10.3. The third-order valence-electron chi connectivity index (χ3n) is 2.87. The van der Waals surface area contributed by atoms with Gasteiger partial charge in [0, 0.05) is 33.7 Å². The van der Waals surface area contributed by atoms with Gasteiger partial charge in [-0.1, -0.05) is 0 Å². The Hall–Kier alpha value is -0.950. The van der Waals surface area contributed by atoms with Crippen molar-refractivity contribution in [3.63, 3.8) is 0 Å². The molecular weight excluding hydrogens is 272 g/mol. The van der Waals surface area contributed by atoms with Crippen molar-refractivity contribution in [1.82, 2.24) is 4.98 Å². The summed E-state index contributed by atoms with van der Waals surface area (Å²) < 4.78 is 11.1. The van der Waals surface area contributed by atoms with Crippen LogP contribution in [0.5, 0.6) is 0 Å². The second-order valence-electron chi connectivity index (χ2n) is 4.54. The van der Waals surface area contributed by atoms with Crippen molar-refractivity contribution in [2.24, 2.45) is 0 Å². The van der Waals surface area contributed by atoms with E-state index in [9.17, 15) is 9.00 Å². The molecule has 1 heterocycles. The molecule has 1 aromatic rings. The molecule has 5 nitrogen and oxygen atoms in total. The van der Waals surface area contributed by atoms with Gasteiger partial charge in [0.05, 0.1) is 5.69 Å². The fourth-order valence-corrected chi connectivity index (χ4v) is 4.07. The molecule has 2 N–H and O–H groups in total. The van der Waals surface area contributed by atoms with Gasteiger partial charge in [0.1, 0.15) is 5.92 Å². The van der Waals surface area contributed by atoms with Crippen molar-refractivity contribution < 1.29 is 14.1 Å². The maximum absolute atomic E-state index is 11.1. The third-order valence-corrected chi connectivity index (χ3v) is 4.90. The predicted molar refractivity (Wildman–Crippen MR) is 72.8 cm³/mol. The minimum Gasteiger partial charge on any atom is -0.481 e. The van der Waals surface area contributed by atoms with Crippen molar-refractivity contribution in [1.29, 1.82) is 0 Å². The Morgan fingerprint density at radius 1 is 1.72 bits per heavy atom. The van der Waals surface area contributed by atoms with Gasteiger partial charge in [-0.2, -0.15) is 0 Å². The van der Waals surface area contributed by atoms with Crippen LogP contribution < -0.4 is 5.32 Å². The molecule has 1 aliphatic rings. The fraction of sp³-hybridized carbons (Fsp3) is 0.636. The Kier molecular flexibility index (Phi) is 4.01. The Morgan fingerprint density at radius 2 is 2.44 bits per heavy atom. The number of hydrogen-bond acceptors (Lipinski definition) is 5. The van der Waals surface area contributed by atoms with Gasteiger partial charge < -0.3 is 10.4 Å². The predicted octanol–water partition coefficient (Wildman–Crippen LogP) is 1.44. The van der Waals surface area contributed by atoms with Crippen LogP contribution in [-0.4, -0.2) is 38.3 Å². The highest BCUT2D eigenvalue weighted by atomic mass is 32.2. The standard InChI is InChI=1S/C11H16N2O3S2/c1-6(5-18(2)16)12-11-13-9-7(10(14)15)3-4-8(9)17-11/h6-7H,3-5H2,1-2H3,(H,12,13)(H,14,15). The fourth-order valence-electron chi connectivity index (χ4n) is 2.13. The number of thiazole rings is 1. The van der Waals surface area contributed by atoms with Crippen LogP contribution in [0.2, 0.25) is 0 Å². The number of anilines is 1. The summed E-state index contributed by atoms with van der Waals surface area (Å²) in [6.07, 6.45) is 3.11. The minimum absolute atomic E-state index is 0.0744. The van der Waals surface area contributed by atoms with Crippen LogP contribution in [-0.2, 0) is 22.0 Å². The number of nitrogens with one attached hydrogen (secondary N) is 1. The maximum atomic E-state index is 11.1. The number of carboxylic acids is 1. The number of aryl methyl sites for hydroxylation is 1. The van der Waals surface area contributed by atoms with Crippen LogP contribution in [0.1, 0.15) is 29.8 Å². The van der Waals surface area contributed by atoms with Crippen molar-refractivity contribution in [2.45, 2.75) is 31.7 Å². The van der Waals surface area contributed by atoms with Crippen LogP contribution in [0.4, 0.5) is 5.13 Å². The lowest BCUT2D eigenvalue weighted by molar-refractivity contribution is -0.138. The number of hydrogen-bond donors (Lipinski definition) is 2. The first-order valence-electron chi connectivity index (χ1n) is 5.76. The van der Waals surface area contributed by atoms with Crippen LogP contribution >= 0.6 is 11.3 Å². The zero-order chi connectivity index (χ0) is 13.3. The molecule has 0 bridgehead atoms. The number of rotatable bonds is 5. The smallest absolute Gasteiger partial charge is 0.312 e. The summed E-state index contributed by atoms with van der Waals surface area (Å²) in [5.74, 6) is -0.692. The molecule has 0 fully saturated rings. The summed E-state index contributed by atoms with van der Waals surface area (Å²) in [6, 6.07) is 0.0744. The van der Waals surface area contributed by atoms with Gasteiger partial charge in [0.2, 0.25) is 0 Å².